The number of carbonyl (C=O) groups is 2. The highest BCUT2D eigenvalue weighted by Gasteiger charge is 2.23. The SMILES string of the molecule is O=C(CNC(=O)C(c1ccccc1)c1ccccc1)OCc1ccc(Cl)cc1. The van der Waals surface area contributed by atoms with Crippen molar-refractivity contribution in [1.29, 1.82) is 0 Å². The Morgan fingerprint density at radius 3 is 1.89 bits per heavy atom. The van der Waals surface area contributed by atoms with Gasteiger partial charge in [0.25, 0.3) is 0 Å². The molecule has 0 unspecified atom stereocenters. The van der Waals surface area contributed by atoms with Gasteiger partial charge in [-0.1, -0.05) is 84.4 Å². The summed E-state index contributed by atoms with van der Waals surface area (Å²) in [5.74, 6) is -1.24. The van der Waals surface area contributed by atoms with Crippen LogP contribution < -0.4 is 5.32 Å². The van der Waals surface area contributed by atoms with E-state index in [4.69, 9.17) is 16.3 Å². The average molecular weight is 394 g/mol. The Morgan fingerprint density at radius 2 is 1.36 bits per heavy atom. The number of nitrogens with one attached hydrogen (secondary N) is 1. The number of carbonyl (C=O) groups excluding carboxylic acids is 2. The first-order valence-corrected chi connectivity index (χ1v) is 9.29. The molecule has 1 N–H and O–H groups in total. The zero-order chi connectivity index (χ0) is 19.8. The van der Waals surface area contributed by atoms with Crippen molar-refractivity contribution >= 4 is 23.5 Å². The molecule has 142 valence electrons. The van der Waals surface area contributed by atoms with Gasteiger partial charge in [-0.15, -0.1) is 0 Å². The average Bonchev–Trinajstić information content (AvgIpc) is 2.73. The fourth-order valence-corrected chi connectivity index (χ4v) is 2.97. The molecule has 28 heavy (non-hydrogen) atoms. The van der Waals surface area contributed by atoms with Crippen molar-refractivity contribution < 1.29 is 14.3 Å². The van der Waals surface area contributed by atoms with Crippen molar-refractivity contribution in [2.24, 2.45) is 0 Å². The molecule has 0 aliphatic heterocycles. The van der Waals surface area contributed by atoms with Crippen LogP contribution in [0.5, 0.6) is 0 Å². The van der Waals surface area contributed by atoms with Gasteiger partial charge in [-0.3, -0.25) is 9.59 Å². The molecule has 3 aromatic rings. The highest BCUT2D eigenvalue weighted by Crippen LogP contribution is 2.24. The number of benzene rings is 3. The first kappa shape index (κ1) is 19.6. The molecule has 1 amide bonds. The minimum absolute atomic E-state index is 0.132. The number of hydrogen-bond acceptors (Lipinski definition) is 3. The molecule has 0 saturated carbocycles. The lowest BCUT2D eigenvalue weighted by atomic mass is 9.90. The van der Waals surface area contributed by atoms with E-state index in [2.05, 4.69) is 5.32 Å². The number of hydrogen-bond donors (Lipinski definition) is 1. The van der Waals surface area contributed by atoms with E-state index in [1.165, 1.54) is 0 Å². The predicted molar refractivity (Wildman–Crippen MR) is 109 cm³/mol. The third-order valence-electron chi connectivity index (χ3n) is 4.25. The van der Waals surface area contributed by atoms with E-state index in [0.29, 0.717) is 5.02 Å². The van der Waals surface area contributed by atoms with Gasteiger partial charge in [-0.05, 0) is 28.8 Å². The third-order valence-corrected chi connectivity index (χ3v) is 4.50. The molecule has 0 bridgehead atoms. The Kier molecular flexibility index (Phi) is 6.82. The third kappa shape index (κ3) is 5.44. The Morgan fingerprint density at radius 1 is 0.821 bits per heavy atom. The van der Waals surface area contributed by atoms with E-state index in [1.807, 2.05) is 60.7 Å². The number of esters is 1. The number of halogens is 1. The van der Waals surface area contributed by atoms with E-state index in [0.717, 1.165) is 16.7 Å². The second-order valence-electron chi connectivity index (χ2n) is 6.26. The molecule has 0 aliphatic carbocycles. The summed E-state index contributed by atoms with van der Waals surface area (Å²) < 4.78 is 5.21. The summed E-state index contributed by atoms with van der Waals surface area (Å²) in [7, 11) is 0. The molecule has 0 saturated heterocycles. The van der Waals surface area contributed by atoms with Crippen molar-refractivity contribution in [3.63, 3.8) is 0 Å². The van der Waals surface area contributed by atoms with Crippen LogP contribution >= 0.6 is 11.6 Å². The molecule has 0 spiro atoms. The van der Waals surface area contributed by atoms with Crippen LogP contribution in [0.2, 0.25) is 5.02 Å². The molecule has 0 atom stereocenters. The van der Waals surface area contributed by atoms with Crippen LogP contribution in [0.15, 0.2) is 84.9 Å². The fourth-order valence-electron chi connectivity index (χ4n) is 2.84. The highest BCUT2D eigenvalue weighted by molar-refractivity contribution is 6.30. The monoisotopic (exact) mass is 393 g/mol. The number of rotatable bonds is 7. The molecule has 0 radical (unpaired) electrons. The van der Waals surface area contributed by atoms with E-state index < -0.39 is 11.9 Å². The standard InChI is InChI=1S/C23H20ClNO3/c24-20-13-11-17(12-14-20)16-28-21(26)15-25-23(27)22(18-7-3-1-4-8-18)19-9-5-2-6-10-19/h1-14,22H,15-16H2,(H,25,27). The Labute approximate surface area is 169 Å². The van der Waals surface area contributed by atoms with Gasteiger partial charge in [0.1, 0.15) is 13.2 Å². The van der Waals surface area contributed by atoms with Crippen molar-refractivity contribution in [2.45, 2.75) is 12.5 Å². The summed E-state index contributed by atoms with van der Waals surface area (Å²) in [6, 6.07) is 26.0. The molecule has 3 aromatic carbocycles. The number of amides is 1. The lowest BCUT2D eigenvalue weighted by Crippen LogP contribution is -2.34. The first-order chi connectivity index (χ1) is 13.6. The van der Waals surface area contributed by atoms with Crippen molar-refractivity contribution in [1.82, 2.24) is 5.32 Å². The highest BCUT2D eigenvalue weighted by atomic mass is 35.5. The largest absolute Gasteiger partial charge is 0.460 e. The normalized spacial score (nSPS) is 10.5. The molecule has 4 nitrogen and oxygen atoms in total. The molecular weight excluding hydrogens is 374 g/mol. The molecule has 0 fully saturated rings. The van der Waals surface area contributed by atoms with Gasteiger partial charge < -0.3 is 10.1 Å². The summed E-state index contributed by atoms with van der Waals surface area (Å²) in [4.78, 5) is 24.8. The van der Waals surface area contributed by atoms with Crippen LogP contribution in [0.4, 0.5) is 0 Å². The first-order valence-electron chi connectivity index (χ1n) is 8.91. The van der Waals surface area contributed by atoms with E-state index >= 15 is 0 Å². The van der Waals surface area contributed by atoms with Gasteiger partial charge in [-0.2, -0.15) is 0 Å². The van der Waals surface area contributed by atoms with Crippen LogP contribution in [0.25, 0.3) is 0 Å². The van der Waals surface area contributed by atoms with Gasteiger partial charge in [-0.25, -0.2) is 0 Å². The summed E-state index contributed by atoms with van der Waals surface area (Å²) in [5.41, 5.74) is 2.55. The lowest BCUT2D eigenvalue weighted by molar-refractivity contribution is -0.145. The van der Waals surface area contributed by atoms with E-state index in [1.54, 1.807) is 24.3 Å². The molecule has 0 aromatic heterocycles. The quantitative estimate of drug-likeness (QED) is 0.608. The van der Waals surface area contributed by atoms with Crippen LogP contribution in [-0.2, 0) is 20.9 Å². The zero-order valence-electron chi connectivity index (χ0n) is 15.2. The van der Waals surface area contributed by atoms with Crippen LogP contribution in [-0.4, -0.2) is 18.4 Å². The molecule has 0 aliphatic rings. The summed E-state index contributed by atoms with van der Waals surface area (Å²) in [6.45, 7) is -0.0603. The Bertz CT molecular complexity index is 872. The van der Waals surface area contributed by atoms with Crippen LogP contribution in [0.3, 0.4) is 0 Å². The summed E-state index contributed by atoms with van der Waals surface area (Å²) in [5, 5.41) is 3.31. The second-order valence-corrected chi connectivity index (χ2v) is 6.70. The summed E-state index contributed by atoms with van der Waals surface area (Å²) in [6.07, 6.45) is 0. The van der Waals surface area contributed by atoms with Crippen LogP contribution in [0, 0.1) is 0 Å². The molecular formula is C23H20ClNO3. The van der Waals surface area contributed by atoms with E-state index in [-0.39, 0.29) is 19.1 Å². The lowest BCUT2D eigenvalue weighted by Gasteiger charge is -2.17. The van der Waals surface area contributed by atoms with Crippen molar-refractivity contribution in [2.75, 3.05) is 6.54 Å². The van der Waals surface area contributed by atoms with E-state index in [9.17, 15) is 9.59 Å². The Balaban J connectivity index is 1.60. The van der Waals surface area contributed by atoms with Crippen molar-refractivity contribution in [3.05, 3.63) is 107 Å². The molecule has 5 heteroatoms. The van der Waals surface area contributed by atoms with Gasteiger partial charge in [0.15, 0.2) is 0 Å². The fraction of sp³-hybridized carbons (Fsp3) is 0.130. The minimum Gasteiger partial charge on any atom is -0.460 e. The van der Waals surface area contributed by atoms with Gasteiger partial charge >= 0.3 is 5.97 Å². The second kappa shape index (κ2) is 9.72. The topological polar surface area (TPSA) is 55.4 Å². The van der Waals surface area contributed by atoms with Gasteiger partial charge in [0.05, 0.1) is 5.92 Å². The molecule has 0 heterocycles. The maximum atomic E-state index is 12.8. The van der Waals surface area contributed by atoms with Gasteiger partial charge in [0.2, 0.25) is 5.91 Å². The molecule has 3 rings (SSSR count). The zero-order valence-corrected chi connectivity index (χ0v) is 15.9. The smallest absolute Gasteiger partial charge is 0.325 e. The minimum atomic E-state index is -0.497. The van der Waals surface area contributed by atoms with Crippen LogP contribution in [0.1, 0.15) is 22.6 Å². The van der Waals surface area contributed by atoms with Gasteiger partial charge in [0, 0.05) is 5.02 Å². The predicted octanol–water partition coefficient (Wildman–Crippen LogP) is 4.33. The maximum Gasteiger partial charge on any atom is 0.325 e. The Hall–Kier alpha value is -3.11. The number of ether oxygens (including phenoxy) is 1. The van der Waals surface area contributed by atoms with Crippen molar-refractivity contribution in [3.8, 4) is 0 Å². The maximum absolute atomic E-state index is 12.8. The summed E-state index contributed by atoms with van der Waals surface area (Å²) >= 11 is 5.83.